The van der Waals surface area contributed by atoms with Gasteiger partial charge in [-0.15, -0.1) is 0 Å². The molecule has 0 bridgehead atoms. The van der Waals surface area contributed by atoms with E-state index in [2.05, 4.69) is 0 Å². The third-order valence-electron chi connectivity index (χ3n) is 2.45. The predicted octanol–water partition coefficient (Wildman–Crippen LogP) is 2.14. The van der Waals surface area contributed by atoms with E-state index in [0.29, 0.717) is 0 Å². The zero-order valence-corrected chi connectivity index (χ0v) is 7.14. The first kappa shape index (κ1) is 9.47. The van der Waals surface area contributed by atoms with Crippen LogP contribution in [0, 0.1) is 11.3 Å². The van der Waals surface area contributed by atoms with Crippen molar-refractivity contribution < 1.29 is 9.90 Å². The zero-order chi connectivity index (χ0) is 8.36. The molecular weight excluding hydrogens is 128 g/mol. The van der Waals surface area contributed by atoms with Gasteiger partial charge in [-0.1, -0.05) is 34.1 Å². The summed E-state index contributed by atoms with van der Waals surface area (Å²) in [5.41, 5.74) is -0.0775. The Hall–Kier alpha value is -0.530. The molecule has 10 heavy (non-hydrogen) atoms. The maximum absolute atomic E-state index is 10.5. The van der Waals surface area contributed by atoms with Crippen LogP contribution in [0.25, 0.3) is 0 Å². The molecule has 0 aromatic heterocycles. The molecule has 1 atom stereocenters. The van der Waals surface area contributed by atoms with Crippen molar-refractivity contribution in [1.29, 1.82) is 0 Å². The molecule has 0 heterocycles. The van der Waals surface area contributed by atoms with E-state index in [1.54, 1.807) is 6.92 Å². The minimum Gasteiger partial charge on any atom is -0.481 e. The molecule has 1 unspecified atom stereocenters. The van der Waals surface area contributed by atoms with Crippen molar-refractivity contribution in [3.63, 3.8) is 0 Å². The monoisotopic (exact) mass is 144 g/mol. The maximum atomic E-state index is 10.5. The van der Waals surface area contributed by atoms with Crippen LogP contribution >= 0.6 is 0 Å². The Morgan fingerprint density at radius 1 is 1.60 bits per heavy atom. The van der Waals surface area contributed by atoms with Gasteiger partial charge in [0.05, 0.1) is 5.92 Å². The van der Waals surface area contributed by atoms with E-state index in [1.165, 1.54) is 0 Å². The van der Waals surface area contributed by atoms with Gasteiger partial charge in [-0.05, 0) is 5.41 Å². The van der Waals surface area contributed by atoms with Crippen LogP contribution in [0.1, 0.15) is 34.1 Å². The summed E-state index contributed by atoms with van der Waals surface area (Å²) in [5.74, 6) is -0.954. The lowest BCUT2D eigenvalue weighted by Crippen LogP contribution is -2.27. The molecule has 0 aromatic carbocycles. The van der Waals surface area contributed by atoms with Gasteiger partial charge < -0.3 is 5.11 Å². The van der Waals surface area contributed by atoms with Crippen molar-refractivity contribution in [2.24, 2.45) is 11.3 Å². The van der Waals surface area contributed by atoms with Crippen LogP contribution < -0.4 is 0 Å². The van der Waals surface area contributed by atoms with Crippen LogP contribution in [0.15, 0.2) is 0 Å². The lowest BCUT2D eigenvalue weighted by Gasteiger charge is -2.26. The van der Waals surface area contributed by atoms with Gasteiger partial charge in [0.2, 0.25) is 0 Å². The second-order valence-corrected chi connectivity index (χ2v) is 3.40. The fourth-order valence-corrected chi connectivity index (χ4v) is 0.640. The van der Waals surface area contributed by atoms with Crippen LogP contribution in [0.5, 0.6) is 0 Å². The summed E-state index contributed by atoms with van der Waals surface area (Å²) < 4.78 is 0. The van der Waals surface area contributed by atoms with Gasteiger partial charge in [0.1, 0.15) is 0 Å². The number of hydrogen-bond acceptors (Lipinski definition) is 1. The normalized spacial score (nSPS) is 14.8. The van der Waals surface area contributed by atoms with Crippen molar-refractivity contribution >= 4 is 5.97 Å². The van der Waals surface area contributed by atoms with E-state index in [9.17, 15) is 4.79 Å². The fourth-order valence-electron chi connectivity index (χ4n) is 0.640. The number of carboxylic acids is 1. The van der Waals surface area contributed by atoms with Crippen molar-refractivity contribution in [3.05, 3.63) is 0 Å². The Labute approximate surface area is 62.2 Å². The average Bonchev–Trinajstić information content (AvgIpc) is 1.86. The van der Waals surface area contributed by atoms with Gasteiger partial charge in [-0.3, -0.25) is 4.79 Å². The number of carboxylic acid groups (broad SMARTS) is 1. The molecule has 2 heteroatoms. The first-order valence-electron chi connectivity index (χ1n) is 3.64. The summed E-state index contributed by atoms with van der Waals surface area (Å²) in [6.07, 6.45) is 0.903. The quantitative estimate of drug-likeness (QED) is 0.659. The molecule has 0 fully saturated rings. The SMILES string of the molecule is CCC(C)(C)C(C)C(=O)O. The van der Waals surface area contributed by atoms with Crippen molar-refractivity contribution in [1.82, 2.24) is 0 Å². The summed E-state index contributed by atoms with van der Waals surface area (Å²) in [7, 11) is 0. The maximum Gasteiger partial charge on any atom is 0.306 e. The molecule has 0 aromatic rings. The van der Waals surface area contributed by atoms with Gasteiger partial charge >= 0.3 is 5.97 Å². The standard InChI is InChI=1S/C8H16O2/c1-5-8(3,4)6(2)7(9)10/h6H,5H2,1-4H3,(H,9,10). The van der Waals surface area contributed by atoms with Crippen LogP contribution in [-0.2, 0) is 4.79 Å². The zero-order valence-electron chi connectivity index (χ0n) is 7.14. The van der Waals surface area contributed by atoms with Crippen LogP contribution in [0.4, 0.5) is 0 Å². The highest BCUT2D eigenvalue weighted by atomic mass is 16.4. The molecule has 0 radical (unpaired) electrons. The molecule has 0 rings (SSSR count). The van der Waals surface area contributed by atoms with E-state index >= 15 is 0 Å². The molecule has 0 saturated carbocycles. The summed E-state index contributed by atoms with van der Waals surface area (Å²) in [4.78, 5) is 10.5. The van der Waals surface area contributed by atoms with E-state index in [1.807, 2.05) is 20.8 Å². The van der Waals surface area contributed by atoms with E-state index < -0.39 is 5.97 Å². The first-order valence-corrected chi connectivity index (χ1v) is 3.64. The van der Waals surface area contributed by atoms with Crippen molar-refractivity contribution in [3.8, 4) is 0 Å². The van der Waals surface area contributed by atoms with Gasteiger partial charge in [0.15, 0.2) is 0 Å². The Morgan fingerprint density at radius 2 is 2.00 bits per heavy atom. The first-order chi connectivity index (χ1) is 4.41. The highest BCUT2D eigenvalue weighted by Gasteiger charge is 2.28. The highest BCUT2D eigenvalue weighted by Crippen LogP contribution is 2.29. The Balaban J connectivity index is 4.17. The van der Waals surface area contributed by atoms with Crippen LogP contribution in [0.3, 0.4) is 0 Å². The topological polar surface area (TPSA) is 37.3 Å². The summed E-state index contributed by atoms with van der Waals surface area (Å²) >= 11 is 0. The lowest BCUT2D eigenvalue weighted by atomic mass is 9.78. The van der Waals surface area contributed by atoms with E-state index in [0.717, 1.165) is 6.42 Å². The fraction of sp³-hybridized carbons (Fsp3) is 0.875. The third-order valence-corrected chi connectivity index (χ3v) is 2.45. The second-order valence-electron chi connectivity index (χ2n) is 3.40. The molecular formula is C8H16O2. The second kappa shape index (κ2) is 3.04. The van der Waals surface area contributed by atoms with Gasteiger partial charge in [-0.2, -0.15) is 0 Å². The van der Waals surface area contributed by atoms with E-state index in [-0.39, 0.29) is 11.3 Å². The summed E-state index contributed by atoms with van der Waals surface area (Å²) in [6.45, 7) is 7.73. The molecule has 0 amide bonds. The molecule has 0 saturated heterocycles. The molecule has 0 aliphatic carbocycles. The Kier molecular flexibility index (Phi) is 2.88. The predicted molar refractivity (Wildman–Crippen MR) is 40.9 cm³/mol. The average molecular weight is 144 g/mol. The Bertz CT molecular complexity index is 127. The number of carbonyl (C=O) groups is 1. The van der Waals surface area contributed by atoms with Crippen molar-refractivity contribution in [2.45, 2.75) is 34.1 Å². The Morgan fingerprint density at radius 3 is 2.10 bits per heavy atom. The van der Waals surface area contributed by atoms with E-state index in [4.69, 9.17) is 5.11 Å². The third kappa shape index (κ3) is 2.01. The molecule has 0 aliphatic rings. The van der Waals surface area contributed by atoms with Crippen LogP contribution in [0.2, 0.25) is 0 Å². The van der Waals surface area contributed by atoms with Gasteiger partial charge in [-0.25, -0.2) is 0 Å². The molecule has 60 valence electrons. The summed E-state index contributed by atoms with van der Waals surface area (Å²) in [6, 6.07) is 0. The van der Waals surface area contributed by atoms with Gasteiger partial charge in [0.25, 0.3) is 0 Å². The number of rotatable bonds is 3. The molecule has 0 aliphatic heterocycles. The van der Waals surface area contributed by atoms with Crippen molar-refractivity contribution in [2.75, 3.05) is 0 Å². The number of hydrogen-bond donors (Lipinski definition) is 1. The smallest absolute Gasteiger partial charge is 0.306 e. The highest BCUT2D eigenvalue weighted by molar-refractivity contribution is 5.70. The largest absolute Gasteiger partial charge is 0.481 e. The minimum absolute atomic E-state index is 0.0775. The summed E-state index contributed by atoms with van der Waals surface area (Å²) in [5, 5.41) is 8.65. The number of aliphatic carboxylic acids is 1. The van der Waals surface area contributed by atoms with Crippen LogP contribution in [-0.4, -0.2) is 11.1 Å². The molecule has 0 spiro atoms. The lowest BCUT2D eigenvalue weighted by molar-refractivity contribution is -0.145. The minimum atomic E-state index is -0.702. The molecule has 2 nitrogen and oxygen atoms in total. The van der Waals surface area contributed by atoms with Gasteiger partial charge in [0, 0.05) is 0 Å². The molecule has 1 N–H and O–H groups in total.